The monoisotopic (exact) mass is 309 g/mol. The molecule has 1 aliphatic rings. The molecule has 6 nitrogen and oxygen atoms in total. The van der Waals surface area contributed by atoms with E-state index in [0.29, 0.717) is 5.69 Å². The Hall–Kier alpha value is -1.80. The van der Waals surface area contributed by atoms with Crippen LogP contribution in [0.3, 0.4) is 0 Å². The molecule has 3 rings (SSSR count). The normalized spacial score (nSPS) is 15.0. The molecule has 0 radical (unpaired) electrons. The van der Waals surface area contributed by atoms with Gasteiger partial charge in [-0.15, -0.1) is 5.10 Å². The third-order valence-corrected chi connectivity index (χ3v) is 5.05. The summed E-state index contributed by atoms with van der Waals surface area (Å²) in [5, 5.41) is 3.91. The molecule has 1 aromatic heterocycles. The zero-order valence-electron chi connectivity index (χ0n) is 10.3. The van der Waals surface area contributed by atoms with Gasteiger partial charge in [-0.25, -0.2) is 13.1 Å². The van der Waals surface area contributed by atoms with Crippen molar-refractivity contribution >= 4 is 27.5 Å². The molecule has 1 heterocycles. The van der Waals surface area contributed by atoms with Crippen LogP contribution in [-0.2, 0) is 10.0 Å². The molecule has 0 aliphatic heterocycles. The van der Waals surface area contributed by atoms with E-state index in [1.165, 1.54) is 12.1 Å². The van der Waals surface area contributed by atoms with Crippen molar-refractivity contribution in [3.05, 3.63) is 40.9 Å². The van der Waals surface area contributed by atoms with Crippen molar-refractivity contribution in [3.8, 4) is 0 Å². The molecule has 0 saturated heterocycles. The standard InChI is InChI=1S/C12H11N3O3S2/c16-12(11-10(8-6-7-8)13-15-19-11)14-20(17,18)9-4-2-1-3-5-9/h1-5,8H,6-7H2,(H,14,16). The molecule has 1 amide bonds. The summed E-state index contributed by atoms with van der Waals surface area (Å²) in [6.45, 7) is 0. The molecule has 0 atom stereocenters. The molecule has 1 aromatic carbocycles. The zero-order chi connectivity index (χ0) is 14.2. The lowest BCUT2D eigenvalue weighted by atomic mass is 10.2. The Morgan fingerprint density at radius 1 is 1.25 bits per heavy atom. The Kier molecular flexibility index (Phi) is 3.27. The predicted molar refractivity (Wildman–Crippen MR) is 73.0 cm³/mol. The molecule has 8 heteroatoms. The average molecular weight is 309 g/mol. The number of carbonyl (C=O) groups is 1. The number of aromatic nitrogens is 2. The first-order chi connectivity index (χ1) is 9.58. The highest BCUT2D eigenvalue weighted by Crippen LogP contribution is 2.41. The van der Waals surface area contributed by atoms with Crippen LogP contribution in [0.1, 0.15) is 34.1 Å². The molecule has 1 saturated carbocycles. The summed E-state index contributed by atoms with van der Waals surface area (Å²) >= 11 is 0.924. The van der Waals surface area contributed by atoms with Gasteiger partial charge in [0.05, 0.1) is 10.6 Å². The molecular formula is C12H11N3O3S2. The van der Waals surface area contributed by atoms with Gasteiger partial charge in [-0.1, -0.05) is 22.7 Å². The maximum Gasteiger partial charge on any atom is 0.278 e. The summed E-state index contributed by atoms with van der Waals surface area (Å²) in [4.78, 5) is 12.4. The van der Waals surface area contributed by atoms with Crippen LogP contribution in [0.15, 0.2) is 35.2 Å². The average Bonchev–Trinajstić information content (AvgIpc) is 3.16. The van der Waals surface area contributed by atoms with Crippen molar-refractivity contribution in [1.82, 2.24) is 14.3 Å². The second-order valence-electron chi connectivity index (χ2n) is 4.51. The van der Waals surface area contributed by atoms with Crippen molar-refractivity contribution in [2.24, 2.45) is 0 Å². The van der Waals surface area contributed by atoms with Gasteiger partial charge in [0.2, 0.25) is 0 Å². The molecule has 0 spiro atoms. The van der Waals surface area contributed by atoms with Crippen LogP contribution in [0.5, 0.6) is 0 Å². The molecule has 20 heavy (non-hydrogen) atoms. The van der Waals surface area contributed by atoms with E-state index in [0.717, 1.165) is 24.4 Å². The quantitative estimate of drug-likeness (QED) is 0.925. The van der Waals surface area contributed by atoms with Gasteiger partial charge in [0.25, 0.3) is 15.9 Å². The first-order valence-corrected chi connectivity index (χ1v) is 8.28. The van der Waals surface area contributed by atoms with Crippen LogP contribution < -0.4 is 4.72 Å². The number of rotatable bonds is 4. The highest BCUT2D eigenvalue weighted by atomic mass is 32.2. The van der Waals surface area contributed by atoms with Crippen molar-refractivity contribution in [3.63, 3.8) is 0 Å². The highest BCUT2D eigenvalue weighted by Gasteiger charge is 2.32. The van der Waals surface area contributed by atoms with Crippen molar-refractivity contribution in [1.29, 1.82) is 0 Å². The van der Waals surface area contributed by atoms with Gasteiger partial charge >= 0.3 is 0 Å². The third kappa shape index (κ3) is 2.56. The first-order valence-electron chi connectivity index (χ1n) is 6.02. The van der Waals surface area contributed by atoms with Gasteiger partial charge in [-0.2, -0.15) is 0 Å². The molecule has 0 unspecified atom stereocenters. The summed E-state index contributed by atoms with van der Waals surface area (Å²) in [6.07, 6.45) is 1.94. The number of hydrogen-bond acceptors (Lipinski definition) is 6. The fourth-order valence-electron chi connectivity index (χ4n) is 1.81. The Morgan fingerprint density at radius 2 is 1.95 bits per heavy atom. The maximum absolute atomic E-state index is 12.1. The number of sulfonamides is 1. The van der Waals surface area contributed by atoms with Gasteiger partial charge in [-0.3, -0.25) is 4.79 Å². The van der Waals surface area contributed by atoms with E-state index in [1.807, 2.05) is 0 Å². The van der Waals surface area contributed by atoms with Crippen LogP contribution in [0, 0.1) is 0 Å². The van der Waals surface area contributed by atoms with Gasteiger partial charge in [0.1, 0.15) is 4.88 Å². The number of hydrogen-bond donors (Lipinski definition) is 1. The van der Waals surface area contributed by atoms with Crippen LogP contribution in [0.2, 0.25) is 0 Å². The molecule has 1 fully saturated rings. The summed E-state index contributed by atoms with van der Waals surface area (Å²) in [6, 6.07) is 7.77. The smallest absolute Gasteiger partial charge is 0.267 e. The second kappa shape index (κ2) is 4.95. The van der Waals surface area contributed by atoms with Gasteiger partial charge in [0.15, 0.2) is 0 Å². The minimum absolute atomic E-state index is 0.0544. The highest BCUT2D eigenvalue weighted by molar-refractivity contribution is 7.90. The Labute approximate surface area is 120 Å². The summed E-state index contributed by atoms with van der Waals surface area (Å²) in [7, 11) is -3.86. The van der Waals surface area contributed by atoms with E-state index in [-0.39, 0.29) is 15.7 Å². The van der Waals surface area contributed by atoms with E-state index in [1.54, 1.807) is 18.2 Å². The van der Waals surface area contributed by atoms with Crippen molar-refractivity contribution < 1.29 is 13.2 Å². The fourth-order valence-corrected chi connectivity index (χ4v) is 3.50. The number of nitrogens with one attached hydrogen (secondary N) is 1. The predicted octanol–water partition coefficient (Wildman–Crippen LogP) is 1.53. The number of amides is 1. The van der Waals surface area contributed by atoms with Gasteiger partial charge < -0.3 is 0 Å². The van der Waals surface area contributed by atoms with E-state index in [9.17, 15) is 13.2 Å². The second-order valence-corrected chi connectivity index (χ2v) is 6.95. The lowest BCUT2D eigenvalue weighted by molar-refractivity contribution is 0.0984. The number of carbonyl (C=O) groups excluding carboxylic acids is 1. The lowest BCUT2D eigenvalue weighted by Crippen LogP contribution is -2.30. The molecule has 1 aliphatic carbocycles. The molecule has 0 bridgehead atoms. The Morgan fingerprint density at radius 3 is 2.60 bits per heavy atom. The van der Waals surface area contributed by atoms with Gasteiger partial charge in [0, 0.05) is 5.92 Å². The summed E-state index contributed by atoms with van der Waals surface area (Å²) < 4.78 is 29.9. The van der Waals surface area contributed by atoms with Crippen LogP contribution in [-0.4, -0.2) is 23.9 Å². The zero-order valence-corrected chi connectivity index (χ0v) is 11.9. The van der Waals surface area contributed by atoms with E-state index >= 15 is 0 Å². The number of nitrogens with zero attached hydrogens (tertiary/aromatic N) is 2. The fraction of sp³-hybridized carbons (Fsp3) is 0.250. The van der Waals surface area contributed by atoms with E-state index in [4.69, 9.17) is 0 Å². The lowest BCUT2D eigenvalue weighted by Gasteiger charge is -2.05. The molecule has 104 valence electrons. The third-order valence-electron chi connectivity index (χ3n) is 2.96. The first kappa shape index (κ1) is 13.2. The maximum atomic E-state index is 12.1. The van der Waals surface area contributed by atoms with Crippen LogP contribution in [0.25, 0.3) is 0 Å². The van der Waals surface area contributed by atoms with E-state index in [2.05, 4.69) is 14.3 Å². The minimum Gasteiger partial charge on any atom is -0.267 e. The molecular weight excluding hydrogens is 298 g/mol. The van der Waals surface area contributed by atoms with Crippen LogP contribution in [0.4, 0.5) is 0 Å². The molecule has 2 aromatic rings. The topological polar surface area (TPSA) is 89.0 Å². The van der Waals surface area contributed by atoms with E-state index < -0.39 is 15.9 Å². The SMILES string of the molecule is O=C(NS(=O)(=O)c1ccccc1)c1snnc1C1CC1. The molecule has 1 N–H and O–H groups in total. The van der Waals surface area contributed by atoms with Gasteiger partial charge in [-0.05, 0) is 36.5 Å². The van der Waals surface area contributed by atoms with Crippen molar-refractivity contribution in [2.45, 2.75) is 23.7 Å². The van der Waals surface area contributed by atoms with Crippen LogP contribution >= 0.6 is 11.5 Å². The Bertz CT molecular complexity index is 736. The Balaban J connectivity index is 1.84. The largest absolute Gasteiger partial charge is 0.278 e. The van der Waals surface area contributed by atoms with Crippen molar-refractivity contribution in [2.75, 3.05) is 0 Å². The minimum atomic E-state index is -3.86. The number of benzene rings is 1. The summed E-state index contributed by atoms with van der Waals surface area (Å²) in [5.74, 6) is -0.417. The summed E-state index contributed by atoms with van der Waals surface area (Å²) in [5.41, 5.74) is 0.607.